The minimum absolute atomic E-state index is 0.851. The van der Waals surface area contributed by atoms with Crippen LogP contribution < -0.4 is 4.74 Å². The summed E-state index contributed by atoms with van der Waals surface area (Å²) in [5, 5.41) is 2.24. The Hall–Kier alpha value is -2.81. The van der Waals surface area contributed by atoms with Crippen LogP contribution in [-0.4, -0.2) is 16.7 Å². The van der Waals surface area contributed by atoms with Crippen molar-refractivity contribution in [3.05, 3.63) is 66.9 Å². The van der Waals surface area contributed by atoms with Crippen LogP contribution in [0.1, 0.15) is 0 Å². The molecule has 3 heteroatoms. The molecular weight excluding hydrogens is 260 g/mol. The second-order valence-electron chi connectivity index (χ2n) is 4.94. The maximum absolute atomic E-state index is 5.38. The van der Waals surface area contributed by atoms with Gasteiger partial charge < -0.3 is 9.30 Å². The number of methoxy groups -OCH3 is 1. The van der Waals surface area contributed by atoms with Crippen molar-refractivity contribution in [2.24, 2.45) is 0 Å². The molecule has 0 bridgehead atoms. The fourth-order valence-corrected chi connectivity index (χ4v) is 2.71. The van der Waals surface area contributed by atoms with Gasteiger partial charge in [-0.05, 0) is 41.8 Å². The predicted molar refractivity (Wildman–Crippen MR) is 85.1 cm³/mol. The molecule has 0 aliphatic rings. The van der Waals surface area contributed by atoms with E-state index < -0.39 is 0 Å². The molecule has 0 spiro atoms. The quantitative estimate of drug-likeness (QED) is 0.548. The van der Waals surface area contributed by atoms with E-state index in [0.717, 1.165) is 28.0 Å². The van der Waals surface area contributed by atoms with Gasteiger partial charge in [-0.1, -0.05) is 24.3 Å². The van der Waals surface area contributed by atoms with Crippen LogP contribution in [0.4, 0.5) is 0 Å². The van der Waals surface area contributed by atoms with E-state index in [0.29, 0.717) is 0 Å². The van der Waals surface area contributed by atoms with Crippen molar-refractivity contribution < 1.29 is 4.74 Å². The molecule has 0 amide bonds. The van der Waals surface area contributed by atoms with Gasteiger partial charge in [0, 0.05) is 11.6 Å². The minimum Gasteiger partial charge on any atom is -0.496 e. The molecule has 0 N–H and O–H groups in total. The van der Waals surface area contributed by atoms with Crippen molar-refractivity contribution in [3.8, 4) is 11.6 Å². The number of rotatable bonds is 2. The number of ether oxygens (including phenoxy) is 1. The molecule has 0 aliphatic heterocycles. The SMILES string of the molecule is COc1cccc2nc(-n3ccc4ccccc43)ccc12. The molecule has 2 aromatic carbocycles. The van der Waals surface area contributed by atoms with E-state index in [2.05, 4.69) is 35.0 Å². The Balaban J connectivity index is 1.95. The van der Waals surface area contributed by atoms with Gasteiger partial charge in [-0.25, -0.2) is 4.98 Å². The lowest BCUT2D eigenvalue weighted by Crippen LogP contribution is -1.96. The molecule has 4 aromatic rings. The number of pyridine rings is 1. The number of hydrogen-bond acceptors (Lipinski definition) is 2. The van der Waals surface area contributed by atoms with E-state index in [-0.39, 0.29) is 0 Å². The zero-order valence-electron chi connectivity index (χ0n) is 11.7. The molecular formula is C18H14N2O. The highest BCUT2D eigenvalue weighted by Crippen LogP contribution is 2.26. The average Bonchev–Trinajstić information content (AvgIpc) is 2.97. The van der Waals surface area contributed by atoms with Crippen molar-refractivity contribution in [1.82, 2.24) is 9.55 Å². The first-order chi connectivity index (χ1) is 10.4. The number of fused-ring (bicyclic) bond motifs is 2. The Kier molecular flexibility index (Phi) is 2.64. The van der Waals surface area contributed by atoms with Gasteiger partial charge in [-0.2, -0.15) is 0 Å². The summed E-state index contributed by atoms with van der Waals surface area (Å²) >= 11 is 0. The number of para-hydroxylation sites is 1. The molecule has 0 atom stereocenters. The van der Waals surface area contributed by atoms with Gasteiger partial charge in [0.05, 0.1) is 18.1 Å². The first-order valence-electron chi connectivity index (χ1n) is 6.87. The van der Waals surface area contributed by atoms with Gasteiger partial charge >= 0.3 is 0 Å². The number of aromatic nitrogens is 2. The third kappa shape index (κ3) is 1.86. The van der Waals surface area contributed by atoms with Crippen molar-refractivity contribution >= 4 is 21.8 Å². The van der Waals surface area contributed by atoms with E-state index in [1.807, 2.05) is 36.4 Å². The summed E-state index contributed by atoms with van der Waals surface area (Å²) < 4.78 is 7.49. The molecule has 0 unspecified atom stereocenters. The van der Waals surface area contributed by atoms with Crippen LogP contribution in [0.2, 0.25) is 0 Å². The van der Waals surface area contributed by atoms with Crippen LogP contribution in [0.3, 0.4) is 0 Å². The zero-order chi connectivity index (χ0) is 14.2. The van der Waals surface area contributed by atoms with Crippen LogP contribution in [0.5, 0.6) is 5.75 Å². The zero-order valence-corrected chi connectivity index (χ0v) is 11.7. The molecule has 102 valence electrons. The first-order valence-corrected chi connectivity index (χ1v) is 6.87. The number of nitrogens with zero attached hydrogens (tertiary/aromatic N) is 2. The fourth-order valence-electron chi connectivity index (χ4n) is 2.71. The lowest BCUT2D eigenvalue weighted by molar-refractivity contribution is 0.420. The van der Waals surface area contributed by atoms with Crippen LogP contribution in [-0.2, 0) is 0 Å². The Morgan fingerprint density at radius 1 is 0.905 bits per heavy atom. The molecule has 4 rings (SSSR count). The Labute approximate surface area is 122 Å². The maximum atomic E-state index is 5.38. The summed E-state index contributed by atoms with van der Waals surface area (Å²) in [6.07, 6.45) is 2.05. The van der Waals surface area contributed by atoms with Gasteiger partial charge in [-0.3, -0.25) is 0 Å². The van der Waals surface area contributed by atoms with Gasteiger partial charge in [0.15, 0.2) is 0 Å². The lowest BCUT2D eigenvalue weighted by Gasteiger charge is -2.08. The summed E-state index contributed by atoms with van der Waals surface area (Å²) in [5.74, 6) is 1.76. The molecule has 3 nitrogen and oxygen atoms in total. The third-order valence-electron chi connectivity index (χ3n) is 3.74. The molecule has 0 fully saturated rings. The van der Waals surface area contributed by atoms with E-state index in [9.17, 15) is 0 Å². The van der Waals surface area contributed by atoms with Gasteiger partial charge in [0.1, 0.15) is 11.6 Å². The summed E-state index contributed by atoms with van der Waals surface area (Å²) in [7, 11) is 1.68. The van der Waals surface area contributed by atoms with E-state index in [1.165, 1.54) is 5.39 Å². The standard InChI is InChI=1S/C18H14N2O/c1-21-17-8-4-6-15-14(17)9-10-18(19-15)20-12-11-13-5-2-3-7-16(13)20/h2-12H,1H3. The van der Waals surface area contributed by atoms with Crippen LogP contribution in [0.25, 0.3) is 27.6 Å². The van der Waals surface area contributed by atoms with Crippen molar-refractivity contribution in [3.63, 3.8) is 0 Å². The smallest absolute Gasteiger partial charge is 0.137 e. The monoisotopic (exact) mass is 274 g/mol. The second-order valence-corrected chi connectivity index (χ2v) is 4.94. The summed E-state index contributed by atoms with van der Waals surface area (Å²) in [6, 6.07) is 20.4. The fraction of sp³-hybridized carbons (Fsp3) is 0.0556. The molecule has 0 aliphatic carbocycles. The Morgan fingerprint density at radius 3 is 2.71 bits per heavy atom. The largest absolute Gasteiger partial charge is 0.496 e. The number of benzene rings is 2. The minimum atomic E-state index is 0.851. The highest BCUT2D eigenvalue weighted by Gasteiger charge is 2.07. The lowest BCUT2D eigenvalue weighted by atomic mass is 10.2. The van der Waals surface area contributed by atoms with Crippen LogP contribution in [0.15, 0.2) is 66.9 Å². The Bertz CT molecular complexity index is 940. The van der Waals surface area contributed by atoms with Crippen molar-refractivity contribution in [2.75, 3.05) is 7.11 Å². The second kappa shape index (κ2) is 4.63. The number of hydrogen-bond donors (Lipinski definition) is 0. The molecule has 0 saturated carbocycles. The summed E-state index contributed by atoms with van der Waals surface area (Å²) in [4.78, 5) is 4.76. The van der Waals surface area contributed by atoms with Crippen LogP contribution in [0, 0.1) is 0 Å². The summed E-state index contributed by atoms with van der Waals surface area (Å²) in [5.41, 5.74) is 2.09. The molecule has 0 radical (unpaired) electrons. The van der Waals surface area contributed by atoms with E-state index >= 15 is 0 Å². The molecule has 2 aromatic heterocycles. The van der Waals surface area contributed by atoms with E-state index in [1.54, 1.807) is 7.11 Å². The Morgan fingerprint density at radius 2 is 1.81 bits per heavy atom. The highest BCUT2D eigenvalue weighted by molar-refractivity contribution is 5.87. The van der Waals surface area contributed by atoms with Crippen molar-refractivity contribution in [2.45, 2.75) is 0 Å². The van der Waals surface area contributed by atoms with Gasteiger partial charge in [-0.15, -0.1) is 0 Å². The van der Waals surface area contributed by atoms with Crippen molar-refractivity contribution in [1.29, 1.82) is 0 Å². The molecule has 2 heterocycles. The van der Waals surface area contributed by atoms with Gasteiger partial charge in [0.25, 0.3) is 0 Å². The molecule has 21 heavy (non-hydrogen) atoms. The summed E-state index contributed by atoms with van der Waals surface area (Å²) in [6.45, 7) is 0. The average molecular weight is 274 g/mol. The first kappa shape index (κ1) is 12.0. The topological polar surface area (TPSA) is 27.1 Å². The van der Waals surface area contributed by atoms with Gasteiger partial charge in [0.2, 0.25) is 0 Å². The normalized spacial score (nSPS) is 11.1. The predicted octanol–water partition coefficient (Wildman–Crippen LogP) is 4.19. The third-order valence-corrected chi connectivity index (χ3v) is 3.74. The van der Waals surface area contributed by atoms with E-state index in [4.69, 9.17) is 9.72 Å². The van der Waals surface area contributed by atoms with Crippen LogP contribution >= 0.6 is 0 Å². The maximum Gasteiger partial charge on any atom is 0.137 e. The molecule has 0 saturated heterocycles. The highest BCUT2D eigenvalue weighted by atomic mass is 16.5.